The summed E-state index contributed by atoms with van der Waals surface area (Å²) in [6.45, 7) is 2.52. The van der Waals surface area contributed by atoms with Crippen LogP contribution in [0, 0.1) is 10.1 Å². The van der Waals surface area contributed by atoms with Crippen LogP contribution in [0.5, 0.6) is 0 Å². The van der Waals surface area contributed by atoms with E-state index >= 15 is 0 Å². The zero-order chi connectivity index (χ0) is 32.3. The molecule has 40 heavy (non-hydrogen) atoms. The van der Waals surface area contributed by atoms with Crippen molar-refractivity contribution < 1.29 is 49.3 Å². The number of amides is 1. The predicted octanol–water partition coefficient (Wildman–Crippen LogP) is -1.45. The lowest BCUT2D eigenvalue weighted by molar-refractivity contribution is -0.384. The van der Waals surface area contributed by atoms with E-state index < -0.39 is 34.8 Å². The largest absolute Gasteiger partial charge is 0.481 e. The van der Waals surface area contributed by atoms with Gasteiger partial charge in [-0.15, -0.1) is 0 Å². The first-order chi connectivity index (χ1) is 18.4. The second kappa shape index (κ2) is 27.2. The zero-order valence-corrected chi connectivity index (χ0v) is 22.1. The summed E-state index contributed by atoms with van der Waals surface area (Å²) in [6, 6.07) is 4.80. The molecule has 0 aromatic heterocycles. The lowest BCUT2D eigenvalue weighted by Crippen LogP contribution is -2.35. The Kier molecular flexibility index (Phi) is 28.7. The number of anilines is 1. The average Bonchev–Trinajstić information content (AvgIpc) is 2.81. The molecule has 0 fully saturated rings. The normalized spacial score (nSPS) is 9.43. The van der Waals surface area contributed by atoms with Gasteiger partial charge in [-0.1, -0.05) is 0 Å². The second-order valence-corrected chi connectivity index (χ2v) is 6.92. The van der Waals surface area contributed by atoms with Crippen molar-refractivity contribution >= 4 is 47.1 Å². The van der Waals surface area contributed by atoms with Gasteiger partial charge in [0.15, 0.2) is 5.96 Å². The number of hydrogen-bond acceptors (Lipinski definition) is 11. The van der Waals surface area contributed by atoms with E-state index in [1.165, 1.54) is 24.3 Å². The minimum Gasteiger partial charge on any atom is -0.481 e. The van der Waals surface area contributed by atoms with E-state index in [0.717, 1.165) is 13.8 Å². The number of carbonyl (C=O) groups is 5. The van der Waals surface area contributed by atoms with E-state index in [1.54, 1.807) is 0 Å². The summed E-state index contributed by atoms with van der Waals surface area (Å²) in [5.74, 6) is -3.84. The van der Waals surface area contributed by atoms with E-state index in [9.17, 15) is 24.5 Å². The molecule has 0 spiro atoms. The van der Waals surface area contributed by atoms with Crippen LogP contribution in [-0.2, 0) is 24.0 Å². The molecule has 0 saturated heterocycles. The van der Waals surface area contributed by atoms with Crippen LogP contribution in [0.15, 0.2) is 29.3 Å². The molecule has 0 aliphatic rings. The molecule has 19 heteroatoms. The summed E-state index contributed by atoms with van der Waals surface area (Å²) < 4.78 is 0. The molecule has 0 bridgehead atoms. The molecule has 19 nitrogen and oxygen atoms in total. The van der Waals surface area contributed by atoms with E-state index in [4.69, 9.17) is 52.9 Å². The van der Waals surface area contributed by atoms with Crippen LogP contribution in [-0.4, -0.2) is 86.8 Å². The van der Waals surface area contributed by atoms with Crippen molar-refractivity contribution in [3.63, 3.8) is 0 Å². The highest BCUT2D eigenvalue weighted by Gasteiger charge is 2.13. The van der Waals surface area contributed by atoms with Crippen LogP contribution in [0.25, 0.3) is 0 Å². The Hall–Kier alpha value is -4.88. The van der Waals surface area contributed by atoms with Gasteiger partial charge < -0.3 is 54.4 Å². The standard InChI is InChI=1S/C12H18N6O3.C3H7NO2.C2H5NO2.2C2H4O2/c13-10(2-1-7-16-12(14)15)11(19)17-8-3-5-9(6-4-8)18(20)21;4-2-1-3(5)6;3-1-2(4)5;2*1-2(3)4/h3-6,10H,1-2,7,13H2,(H,17,19)(H4,14,15,16);1-2,4H2,(H,5,6);1,3H2,(H,4,5);2*1H3,(H,3,4)/t10-;;;;/m0..../s1. The Morgan fingerprint density at radius 2 is 1.38 bits per heavy atom. The maximum absolute atomic E-state index is 11.8. The van der Waals surface area contributed by atoms with Gasteiger partial charge >= 0.3 is 11.9 Å². The summed E-state index contributed by atoms with van der Waals surface area (Å²) in [5, 5.41) is 43.4. The molecule has 0 radical (unpaired) electrons. The highest BCUT2D eigenvalue weighted by atomic mass is 16.6. The quantitative estimate of drug-likeness (QED) is 0.0498. The summed E-state index contributed by atoms with van der Waals surface area (Å²) in [4.78, 5) is 62.3. The fourth-order valence-corrected chi connectivity index (χ4v) is 1.68. The topological polar surface area (TPSA) is 364 Å². The first-order valence-electron chi connectivity index (χ1n) is 11.0. The highest BCUT2D eigenvalue weighted by molar-refractivity contribution is 5.94. The summed E-state index contributed by atoms with van der Waals surface area (Å²) >= 11 is 0. The Morgan fingerprint density at radius 1 is 0.950 bits per heavy atom. The van der Waals surface area contributed by atoms with Gasteiger partial charge in [-0.25, -0.2) is 0 Å². The summed E-state index contributed by atoms with van der Waals surface area (Å²) in [6.07, 6.45) is 1.07. The van der Waals surface area contributed by atoms with Crippen LogP contribution < -0.4 is 34.0 Å². The number of nitrogens with zero attached hydrogens (tertiary/aromatic N) is 2. The van der Waals surface area contributed by atoms with Crippen LogP contribution in [0.2, 0.25) is 0 Å². The molecule has 0 saturated carbocycles. The lowest BCUT2D eigenvalue weighted by atomic mass is 10.1. The number of aliphatic imine (C=N–C) groups is 1. The molecule has 0 heterocycles. The molecule has 15 N–H and O–H groups in total. The second-order valence-electron chi connectivity index (χ2n) is 6.92. The average molecular weight is 579 g/mol. The Morgan fingerprint density at radius 3 is 1.65 bits per heavy atom. The van der Waals surface area contributed by atoms with Crippen molar-refractivity contribution in [3.05, 3.63) is 34.4 Å². The Labute approximate surface area is 229 Å². The minimum absolute atomic E-state index is 0.00102. The third-order valence-electron chi connectivity index (χ3n) is 3.18. The fourth-order valence-electron chi connectivity index (χ4n) is 1.68. The monoisotopic (exact) mass is 578 g/mol. The SMILES string of the molecule is CC(=O)O.CC(=O)O.NC(N)=NCCC[C@H](N)C(=O)Nc1ccc([N+](=O)[O-])cc1.NCC(=O)O.NCCC(=O)O. The highest BCUT2D eigenvalue weighted by Crippen LogP contribution is 2.15. The maximum Gasteiger partial charge on any atom is 0.317 e. The first-order valence-corrected chi connectivity index (χ1v) is 11.0. The molecule has 1 amide bonds. The molecular formula is C21H38N8O11. The van der Waals surface area contributed by atoms with Crippen LogP contribution in [0.4, 0.5) is 11.4 Å². The van der Waals surface area contributed by atoms with Crippen molar-refractivity contribution in [2.75, 3.05) is 25.0 Å². The van der Waals surface area contributed by atoms with E-state index in [-0.39, 0.29) is 37.1 Å². The number of hydrogen-bond donors (Lipinski definition) is 10. The molecule has 1 atom stereocenters. The van der Waals surface area contributed by atoms with Gasteiger partial charge in [0.1, 0.15) is 0 Å². The van der Waals surface area contributed by atoms with Crippen LogP contribution >= 0.6 is 0 Å². The zero-order valence-electron chi connectivity index (χ0n) is 22.1. The van der Waals surface area contributed by atoms with Gasteiger partial charge in [-0.3, -0.25) is 39.1 Å². The van der Waals surface area contributed by atoms with Gasteiger partial charge in [0.25, 0.3) is 17.6 Å². The van der Waals surface area contributed by atoms with Crippen molar-refractivity contribution in [3.8, 4) is 0 Å². The number of nitro groups is 1. The van der Waals surface area contributed by atoms with Gasteiger partial charge in [0, 0.05) is 44.8 Å². The summed E-state index contributed by atoms with van der Waals surface area (Å²) in [5.41, 5.74) is 25.9. The number of guanidine groups is 1. The number of nitrogens with two attached hydrogens (primary N) is 5. The fraction of sp³-hybridized carbons (Fsp3) is 0.429. The smallest absolute Gasteiger partial charge is 0.317 e. The van der Waals surface area contributed by atoms with Crippen molar-refractivity contribution in [2.24, 2.45) is 33.7 Å². The first kappa shape index (κ1) is 42.2. The predicted molar refractivity (Wildman–Crippen MR) is 144 cm³/mol. The molecule has 1 rings (SSSR count). The van der Waals surface area contributed by atoms with Crippen molar-refractivity contribution in [2.45, 2.75) is 39.2 Å². The number of benzene rings is 1. The number of carbonyl (C=O) groups excluding carboxylic acids is 1. The number of nitro benzene ring substituents is 1. The number of non-ortho nitro benzene ring substituents is 1. The van der Waals surface area contributed by atoms with Gasteiger partial charge in [-0.05, 0) is 25.0 Å². The van der Waals surface area contributed by atoms with Crippen molar-refractivity contribution in [1.29, 1.82) is 0 Å². The van der Waals surface area contributed by atoms with E-state index in [1.807, 2.05) is 0 Å². The van der Waals surface area contributed by atoms with Gasteiger partial charge in [-0.2, -0.15) is 0 Å². The van der Waals surface area contributed by atoms with Crippen LogP contribution in [0.1, 0.15) is 33.1 Å². The van der Waals surface area contributed by atoms with Gasteiger partial charge in [0.2, 0.25) is 5.91 Å². The molecule has 0 aliphatic carbocycles. The van der Waals surface area contributed by atoms with Crippen molar-refractivity contribution in [1.82, 2.24) is 0 Å². The molecule has 0 aliphatic heterocycles. The third kappa shape index (κ3) is 40.3. The third-order valence-corrected chi connectivity index (χ3v) is 3.18. The number of rotatable bonds is 10. The molecule has 0 unspecified atom stereocenters. The Balaban J connectivity index is -0.000000276. The molecule has 1 aromatic carbocycles. The number of carboxylic acids is 4. The Bertz CT molecular complexity index is 917. The lowest BCUT2D eigenvalue weighted by Gasteiger charge is -2.11. The van der Waals surface area contributed by atoms with Crippen LogP contribution in [0.3, 0.4) is 0 Å². The summed E-state index contributed by atoms with van der Waals surface area (Å²) in [7, 11) is 0. The maximum atomic E-state index is 11.8. The number of carboxylic acid groups (broad SMARTS) is 4. The minimum atomic E-state index is -0.968. The van der Waals surface area contributed by atoms with E-state index in [0.29, 0.717) is 25.1 Å². The molecule has 228 valence electrons. The molecule has 1 aromatic rings. The van der Waals surface area contributed by atoms with E-state index in [2.05, 4.69) is 16.0 Å². The van der Waals surface area contributed by atoms with Gasteiger partial charge in [0.05, 0.1) is 23.9 Å². The number of nitrogens with one attached hydrogen (secondary N) is 1. The number of aliphatic carboxylic acids is 4. The molecular weight excluding hydrogens is 540 g/mol.